The van der Waals surface area contributed by atoms with E-state index in [-0.39, 0.29) is 71.4 Å². The number of hydrogen-bond donors (Lipinski definition) is 1. The lowest BCUT2D eigenvalue weighted by atomic mass is 10.1. The third-order valence-corrected chi connectivity index (χ3v) is 8.00. The molecule has 0 unspecified atom stereocenters. The van der Waals surface area contributed by atoms with Crippen molar-refractivity contribution in [3.8, 4) is 11.9 Å². The second-order valence-electron chi connectivity index (χ2n) is 9.52. The highest BCUT2D eigenvalue weighted by atomic mass is 32.2. The standard InChI is InChI=1S/C29H35N5O8S/c1-7-8-13-34-26(35)24(18-30)21(6)25(27(34)36)32-31-22-9-11-23(12-10-22)43(39,40)33(14-16-41-28(37)19(2)3)15-17-42-29(38)20(4)5/h9-12,36H,2,4,7-8,13-17H2,1,3,5-6H3/b32-31+. The minimum atomic E-state index is -4.14. The van der Waals surface area contributed by atoms with Gasteiger partial charge in [0.2, 0.25) is 15.9 Å². The van der Waals surface area contributed by atoms with Crippen molar-refractivity contribution in [3.05, 3.63) is 70.1 Å². The van der Waals surface area contributed by atoms with Gasteiger partial charge in [0.15, 0.2) is 5.69 Å². The van der Waals surface area contributed by atoms with Crippen LogP contribution in [-0.4, -0.2) is 60.6 Å². The Morgan fingerprint density at radius 1 is 1.05 bits per heavy atom. The Labute approximate surface area is 250 Å². The summed E-state index contributed by atoms with van der Waals surface area (Å²) in [5, 5.41) is 28.3. The number of benzene rings is 1. The Morgan fingerprint density at radius 3 is 2.05 bits per heavy atom. The molecular weight excluding hydrogens is 578 g/mol. The number of carbonyl (C=O) groups is 2. The number of esters is 2. The van der Waals surface area contributed by atoms with Gasteiger partial charge in [0.05, 0.1) is 10.6 Å². The van der Waals surface area contributed by atoms with Gasteiger partial charge in [0, 0.05) is 36.3 Å². The smallest absolute Gasteiger partial charge is 0.333 e. The summed E-state index contributed by atoms with van der Waals surface area (Å²) in [6.07, 6.45) is 1.35. The summed E-state index contributed by atoms with van der Waals surface area (Å²) in [6, 6.07) is 7.17. The SMILES string of the molecule is C=C(C)C(=O)OCCN(CCOC(=O)C(=C)C)S(=O)(=O)c1ccc(/N=N/c2c(C)c(C#N)c(=O)n(CCCC)c2O)cc1. The largest absolute Gasteiger partial charge is 0.493 e. The number of rotatable bonds is 15. The van der Waals surface area contributed by atoms with Crippen LogP contribution in [0.25, 0.3) is 0 Å². The molecule has 0 saturated heterocycles. The zero-order chi connectivity index (χ0) is 32.3. The molecule has 2 rings (SSSR count). The molecule has 0 aliphatic heterocycles. The van der Waals surface area contributed by atoms with E-state index in [1.54, 1.807) is 0 Å². The normalized spacial score (nSPS) is 11.3. The Morgan fingerprint density at radius 2 is 1.58 bits per heavy atom. The van der Waals surface area contributed by atoms with Gasteiger partial charge in [0.1, 0.15) is 24.8 Å². The topological polar surface area (TPSA) is 181 Å². The van der Waals surface area contributed by atoms with Gasteiger partial charge in [-0.05, 0) is 51.5 Å². The van der Waals surface area contributed by atoms with Gasteiger partial charge in [-0.2, -0.15) is 14.7 Å². The van der Waals surface area contributed by atoms with Crippen molar-refractivity contribution in [2.45, 2.75) is 52.0 Å². The monoisotopic (exact) mass is 613 g/mol. The lowest BCUT2D eigenvalue weighted by molar-refractivity contribution is -0.139. The van der Waals surface area contributed by atoms with E-state index in [1.165, 1.54) is 45.0 Å². The number of carbonyl (C=O) groups excluding carboxylic acids is 2. The number of unbranched alkanes of at least 4 members (excludes halogenated alkanes) is 1. The number of hydrogen-bond acceptors (Lipinski definition) is 11. The number of aromatic hydroxyl groups is 1. The summed E-state index contributed by atoms with van der Waals surface area (Å²) in [7, 11) is -4.14. The lowest BCUT2D eigenvalue weighted by Gasteiger charge is -2.22. The Kier molecular flexibility index (Phi) is 12.5. The van der Waals surface area contributed by atoms with Crippen LogP contribution in [0.4, 0.5) is 11.4 Å². The highest BCUT2D eigenvalue weighted by molar-refractivity contribution is 7.89. The van der Waals surface area contributed by atoms with Crippen LogP contribution in [-0.2, 0) is 35.6 Å². The maximum Gasteiger partial charge on any atom is 0.333 e. The third-order valence-electron chi connectivity index (χ3n) is 6.09. The first-order chi connectivity index (χ1) is 20.3. The van der Waals surface area contributed by atoms with E-state index >= 15 is 0 Å². The molecular formula is C29H35N5O8S. The molecule has 1 heterocycles. The van der Waals surface area contributed by atoms with Crippen molar-refractivity contribution >= 4 is 33.3 Å². The van der Waals surface area contributed by atoms with Crippen LogP contribution in [0.3, 0.4) is 0 Å². The average molecular weight is 614 g/mol. The number of ether oxygens (including phenoxy) is 2. The fourth-order valence-electron chi connectivity index (χ4n) is 3.60. The van der Waals surface area contributed by atoms with Crippen molar-refractivity contribution in [3.63, 3.8) is 0 Å². The predicted octanol–water partition coefficient (Wildman–Crippen LogP) is 4.18. The van der Waals surface area contributed by atoms with Crippen molar-refractivity contribution in [2.75, 3.05) is 26.3 Å². The highest BCUT2D eigenvalue weighted by Crippen LogP contribution is 2.32. The molecule has 0 fully saturated rings. The summed E-state index contributed by atoms with van der Waals surface area (Å²) >= 11 is 0. The van der Waals surface area contributed by atoms with Crippen molar-refractivity contribution in [1.29, 1.82) is 5.26 Å². The van der Waals surface area contributed by atoms with E-state index in [2.05, 4.69) is 23.4 Å². The maximum absolute atomic E-state index is 13.4. The second-order valence-corrected chi connectivity index (χ2v) is 11.5. The van der Waals surface area contributed by atoms with Gasteiger partial charge in [-0.15, -0.1) is 5.11 Å². The molecule has 230 valence electrons. The molecule has 0 bridgehead atoms. The first kappa shape index (κ1) is 34.6. The van der Waals surface area contributed by atoms with Gasteiger partial charge < -0.3 is 14.6 Å². The molecule has 1 aromatic heterocycles. The van der Waals surface area contributed by atoms with Crippen molar-refractivity contribution in [2.24, 2.45) is 10.2 Å². The minimum Gasteiger partial charge on any atom is -0.493 e. The van der Waals surface area contributed by atoms with E-state index in [0.29, 0.717) is 6.42 Å². The Bertz CT molecular complexity index is 1590. The van der Waals surface area contributed by atoms with Crippen LogP contribution < -0.4 is 5.56 Å². The maximum atomic E-state index is 13.4. The number of nitriles is 1. The lowest BCUT2D eigenvalue weighted by Crippen LogP contribution is -2.37. The Hall–Kier alpha value is -4.61. The summed E-state index contributed by atoms with van der Waals surface area (Å²) in [5.41, 5.74) is -0.136. The number of azo groups is 1. The third kappa shape index (κ3) is 8.94. The molecule has 2 aromatic rings. The molecule has 0 amide bonds. The number of pyridine rings is 1. The van der Waals surface area contributed by atoms with Gasteiger partial charge in [-0.3, -0.25) is 9.36 Å². The van der Waals surface area contributed by atoms with Crippen LogP contribution in [0.1, 0.15) is 44.7 Å². The van der Waals surface area contributed by atoms with Crippen molar-refractivity contribution in [1.82, 2.24) is 8.87 Å². The summed E-state index contributed by atoms with van der Waals surface area (Å²) in [5.74, 6) is -1.78. The Balaban J connectivity index is 2.34. The molecule has 0 spiro atoms. The van der Waals surface area contributed by atoms with E-state index in [1.807, 2.05) is 13.0 Å². The number of aromatic nitrogens is 1. The van der Waals surface area contributed by atoms with Gasteiger partial charge >= 0.3 is 11.9 Å². The molecule has 0 aliphatic rings. The fraction of sp³-hybridized carbons (Fsp3) is 0.379. The minimum absolute atomic E-state index is 0.0521. The van der Waals surface area contributed by atoms with Crippen LogP contribution in [0.15, 0.2) is 68.5 Å². The van der Waals surface area contributed by atoms with E-state index < -0.39 is 33.4 Å². The zero-order valence-electron chi connectivity index (χ0n) is 24.6. The molecule has 14 heteroatoms. The molecule has 0 radical (unpaired) electrons. The molecule has 1 N–H and O–H groups in total. The molecule has 1 aromatic carbocycles. The molecule has 0 aliphatic carbocycles. The predicted molar refractivity (Wildman–Crippen MR) is 158 cm³/mol. The van der Waals surface area contributed by atoms with Gasteiger partial charge in [0.25, 0.3) is 5.56 Å². The van der Waals surface area contributed by atoms with Gasteiger partial charge in [-0.25, -0.2) is 18.0 Å². The van der Waals surface area contributed by atoms with Crippen LogP contribution in [0.2, 0.25) is 0 Å². The van der Waals surface area contributed by atoms with Crippen LogP contribution in [0, 0.1) is 18.3 Å². The first-order valence-corrected chi connectivity index (χ1v) is 14.7. The van der Waals surface area contributed by atoms with Crippen LogP contribution in [0.5, 0.6) is 5.88 Å². The second kappa shape index (κ2) is 15.6. The first-order valence-electron chi connectivity index (χ1n) is 13.3. The summed E-state index contributed by atoms with van der Waals surface area (Å²) < 4.78 is 39.0. The van der Waals surface area contributed by atoms with Crippen LogP contribution >= 0.6 is 0 Å². The van der Waals surface area contributed by atoms with Crippen molar-refractivity contribution < 1.29 is 32.6 Å². The highest BCUT2D eigenvalue weighted by Gasteiger charge is 2.25. The quantitative estimate of drug-likeness (QED) is 0.175. The van der Waals surface area contributed by atoms with E-state index in [9.17, 15) is 33.2 Å². The van der Waals surface area contributed by atoms with E-state index in [0.717, 1.165) is 15.3 Å². The average Bonchev–Trinajstić information content (AvgIpc) is 2.96. The summed E-state index contributed by atoms with van der Waals surface area (Å²) in [6.45, 7) is 12.5. The molecule has 13 nitrogen and oxygen atoms in total. The fourth-order valence-corrected chi connectivity index (χ4v) is 5.01. The molecule has 43 heavy (non-hydrogen) atoms. The zero-order valence-corrected chi connectivity index (χ0v) is 25.4. The number of nitrogens with zero attached hydrogens (tertiary/aromatic N) is 5. The molecule has 0 saturated carbocycles. The summed E-state index contributed by atoms with van der Waals surface area (Å²) in [4.78, 5) is 36.0. The number of sulfonamides is 1. The van der Waals surface area contributed by atoms with Gasteiger partial charge in [-0.1, -0.05) is 26.5 Å². The molecule has 0 atom stereocenters. The van der Waals surface area contributed by atoms with E-state index in [4.69, 9.17) is 9.47 Å².